The number of anilines is 1. The maximum absolute atomic E-state index is 11.0. The first-order valence-corrected chi connectivity index (χ1v) is 7.18. The fraction of sp³-hybridized carbons (Fsp3) is 0.571. The molecule has 7 heteroatoms. The molecule has 0 fully saturated rings. The molecule has 14 heavy (non-hydrogen) atoms. The zero-order chi connectivity index (χ0) is 10.8. The van der Waals surface area contributed by atoms with Gasteiger partial charge < -0.3 is 5.32 Å². The van der Waals surface area contributed by atoms with Gasteiger partial charge in [0.05, 0.1) is 11.9 Å². The van der Waals surface area contributed by atoms with Crippen LogP contribution in [0.3, 0.4) is 0 Å². The average Bonchev–Trinajstić information content (AvgIpc) is 2.30. The Labute approximate surface area is 92.2 Å². The fourth-order valence-electron chi connectivity index (χ4n) is 1.03. The number of hydrogen-bond donors (Lipinski definition) is 1. The summed E-state index contributed by atoms with van der Waals surface area (Å²) in [4.78, 5) is 3.97. The highest BCUT2D eigenvalue weighted by Gasteiger charge is 2.11. The minimum atomic E-state index is -2.96. The first-order chi connectivity index (χ1) is 6.37. The van der Waals surface area contributed by atoms with E-state index in [4.69, 9.17) is 11.6 Å². The van der Waals surface area contributed by atoms with Gasteiger partial charge in [0.1, 0.15) is 14.2 Å². The summed E-state index contributed by atoms with van der Waals surface area (Å²) in [5.74, 6) is 0.0875. The van der Waals surface area contributed by atoms with E-state index in [0.717, 1.165) is 0 Å². The summed E-state index contributed by atoms with van der Waals surface area (Å²) in [5, 5.41) is 3.61. The van der Waals surface area contributed by atoms with E-state index >= 15 is 0 Å². The molecule has 0 aliphatic rings. The quantitative estimate of drug-likeness (QED) is 0.888. The molecule has 0 amide bonds. The largest absolute Gasteiger partial charge is 0.358 e. The van der Waals surface area contributed by atoms with Crippen molar-refractivity contribution in [3.63, 3.8) is 0 Å². The number of hydrogen-bond acceptors (Lipinski definition) is 5. The van der Waals surface area contributed by atoms with Crippen molar-refractivity contribution in [1.82, 2.24) is 4.98 Å². The first kappa shape index (κ1) is 11.7. The van der Waals surface area contributed by atoms with E-state index in [2.05, 4.69) is 10.3 Å². The smallest absolute Gasteiger partial charge is 0.184 e. The highest BCUT2D eigenvalue weighted by Crippen LogP contribution is 2.23. The summed E-state index contributed by atoms with van der Waals surface area (Å²) in [6.07, 6.45) is 2.74. The number of nitrogens with one attached hydrogen (secondary N) is 1. The highest BCUT2D eigenvalue weighted by molar-refractivity contribution is 7.90. The maximum Gasteiger partial charge on any atom is 0.184 e. The minimum Gasteiger partial charge on any atom is -0.358 e. The van der Waals surface area contributed by atoms with Gasteiger partial charge in [0.15, 0.2) is 5.13 Å². The lowest BCUT2D eigenvalue weighted by Gasteiger charge is -2.10. The molecule has 1 rings (SSSR count). The molecule has 0 aliphatic heterocycles. The van der Waals surface area contributed by atoms with Crippen molar-refractivity contribution < 1.29 is 8.42 Å². The average molecular weight is 255 g/mol. The summed E-state index contributed by atoms with van der Waals surface area (Å²) in [6.45, 7) is 1.79. The van der Waals surface area contributed by atoms with E-state index in [1.54, 1.807) is 6.92 Å². The third-order valence-electron chi connectivity index (χ3n) is 1.40. The summed E-state index contributed by atoms with van der Waals surface area (Å²) in [5.41, 5.74) is 0. The Kier molecular flexibility index (Phi) is 3.74. The van der Waals surface area contributed by atoms with Crippen molar-refractivity contribution in [2.24, 2.45) is 0 Å². The fourth-order valence-corrected chi connectivity index (χ4v) is 2.94. The van der Waals surface area contributed by atoms with Crippen molar-refractivity contribution in [2.75, 3.05) is 17.3 Å². The molecule has 0 aromatic carbocycles. The lowest BCUT2D eigenvalue weighted by atomic mass is 10.4. The lowest BCUT2D eigenvalue weighted by molar-refractivity contribution is 0.598. The molecular formula is C7H11ClN2O2S2. The van der Waals surface area contributed by atoms with Crippen LogP contribution in [0, 0.1) is 0 Å². The molecule has 4 nitrogen and oxygen atoms in total. The second kappa shape index (κ2) is 4.46. The molecule has 0 aliphatic carbocycles. The van der Waals surface area contributed by atoms with Crippen molar-refractivity contribution in [3.8, 4) is 0 Å². The second-order valence-corrected chi connectivity index (χ2v) is 6.95. The molecule has 80 valence electrons. The van der Waals surface area contributed by atoms with Gasteiger partial charge in [-0.25, -0.2) is 13.4 Å². The van der Waals surface area contributed by atoms with Crippen LogP contribution in [0.1, 0.15) is 6.92 Å². The molecule has 1 atom stereocenters. The standard InChI is InChI=1S/C7H11ClN2O2S2/c1-5(4-14(2,11)12)10-7-9-3-6(8)13-7/h3,5H,4H2,1-2H3,(H,9,10). The van der Waals surface area contributed by atoms with Crippen LogP contribution in [0.15, 0.2) is 6.20 Å². The molecule has 0 saturated carbocycles. The molecule has 0 radical (unpaired) electrons. The summed E-state index contributed by atoms with van der Waals surface area (Å²) < 4.78 is 22.5. The van der Waals surface area contributed by atoms with Crippen molar-refractivity contribution >= 4 is 37.9 Å². The van der Waals surface area contributed by atoms with E-state index in [1.807, 2.05) is 0 Å². The number of halogens is 1. The molecule has 0 bridgehead atoms. The molecule has 1 unspecified atom stereocenters. The van der Waals surface area contributed by atoms with Crippen LogP contribution in [0.5, 0.6) is 0 Å². The SMILES string of the molecule is CC(CS(C)(=O)=O)Nc1ncc(Cl)s1. The molecule has 1 N–H and O–H groups in total. The van der Waals surface area contributed by atoms with Gasteiger partial charge in [-0.3, -0.25) is 0 Å². The summed E-state index contributed by atoms with van der Waals surface area (Å²) in [7, 11) is -2.96. The van der Waals surface area contributed by atoms with Crippen LogP contribution in [-0.4, -0.2) is 31.5 Å². The van der Waals surface area contributed by atoms with Gasteiger partial charge in [0.2, 0.25) is 0 Å². The van der Waals surface area contributed by atoms with Crippen LogP contribution in [0.4, 0.5) is 5.13 Å². The van der Waals surface area contributed by atoms with Crippen LogP contribution in [-0.2, 0) is 9.84 Å². The Morgan fingerprint density at radius 2 is 2.36 bits per heavy atom. The number of sulfone groups is 1. The van der Waals surface area contributed by atoms with Gasteiger partial charge >= 0.3 is 0 Å². The lowest BCUT2D eigenvalue weighted by Crippen LogP contribution is -2.24. The zero-order valence-corrected chi connectivity index (χ0v) is 10.2. The molecule has 0 saturated heterocycles. The Hall–Kier alpha value is -0.330. The van der Waals surface area contributed by atoms with Gasteiger partial charge in [0, 0.05) is 12.3 Å². The maximum atomic E-state index is 11.0. The second-order valence-electron chi connectivity index (χ2n) is 3.11. The third kappa shape index (κ3) is 4.26. The van der Waals surface area contributed by atoms with Crippen LogP contribution < -0.4 is 5.32 Å². The van der Waals surface area contributed by atoms with E-state index in [1.165, 1.54) is 23.8 Å². The number of thiazole rings is 1. The van der Waals surface area contributed by atoms with Crippen molar-refractivity contribution in [2.45, 2.75) is 13.0 Å². The Morgan fingerprint density at radius 3 is 2.79 bits per heavy atom. The minimum absolute atomic E-state index is 0.0875. The van der Waals surface area contributed by atoms with Gasteiger partial charge in [-0.1, -0.05) is 22.9 Å². The van der Waals surface area contributed by atoms with Gasteiger partial charge in [-0.05, 0) is 6.92 Å². The van der Waals surface area contributed by atoms with Crippen LogP contribution in [0.2, 0.25) is 4.34 Å². The summed E-state index contributed by atoms with van der Waals surface area (Å²) >= 11 is 6.97. The van der Waals surface area contributed by atoms with E-state index in [-0.39, 0.29) is 11.8 Å². The normalized spacial score (nSPS) is 13.9. The first-order valence-electron chi connectivity index (χ1n) is 3.92. The third-order valence-corrected chi connectivity index (χ3v) is 3.55. The van der Waals surface area contributed by atoms with E-state index in [9.17, 15) is 8.42 Å². The number of rotatable bonds is 4. The van der Waals surface area contributed by atoms with Gasteiger partial charge in [-0.15, -0.1) is 0 Å². The number of nitrogens with zero attached hydrogens (tertiary/aromatic N) is 1. The molecule has 0 spiro atoms. The molecule has 1 heterocycles. The zero-order valence-electron chi connectivity index (χ0n) is 7.82. The predicted octanol–water partition coefficient (Wildman–Crippen LogP) is 1.64. The Balaban J connectivity index is 2.53. The van der Waals surface area contributed by atoms with Gasteiger partial charge in [0.25, 0.3) is 0 Å². The molecule has 1 aromatic rings. The van der Waals surface area contributed by atoms with E-state index in [0.29, 0.717) is 9.47 Å². The topological polar surface area (TPSA) is 59.1 Å². The predicted molar refractivity (Wildman–Crippen MR) is 59.9 cm³/mol. The Bertz CT molecular complexity index is 402. The van der Waals surface area contributed by atoms with Crippen molar-refractivity contribution in [3.05, 3.63) is 10.5 Å². The summed E-state index contributed by atoms with van der Waals surface area (Å²) in [6, 6.07) is -0.160. The highest BCUT2D eigenvalue weighted by atomic mass is 35.5. The molecular weight excluding hydrogens is 244 g/mol. The Morgan fingerprint density at radius 1 is 1.71 bits per heavy atom. The van der Waals surface area contributed by atoms with Crippen LogP contribution in [0.25, 0.3) is 0 Å². The number of aromatic nitrogens is 1. The monoisotopic (exact) mass is 254 g/mol. The van der Waals surface area contributed by atoms with E-state index < -0.39 is 9.84 Å². The van der Waals surface area contributed by atoms with Crippen LogP contribution >= 0.6 is 22.9 Å². The molecule has 1 aromatic heterocycles. The van der Waals surface area contributed by atoms with Crippen molar-refractivity contribution in [1.29, 1.82) is 0 Å². The van der Waals surface area contributed by atoms with Gasteiger partial charge in [-0.2, -0.15) is 0 Å².